The second-order valence-electron chi connectivity index (χ2n) is 2.41. The van der Waals surface area contributed by atoms with Gasteiger partial charge >= 0.3 is 6.18 Å². The molecule has 0 amide bonds. The smallest absolute Gasteiger partial charge is 0.383 e. The predicted molar refractivity (Wildman–Crippen MR) is 43.7 cm³/mol. The van der Waals surface area contributed by atoms with E-state index in [9.17, 15) is 13.2 Å². The van der Waals surface area contributed by atoms with Crippen LogP contribution in [0.5, 0.6) is 0 Å². The molecule has 0 saturated heterocycles. The van der Waals surface area contributed by atoms with Crippen molar-refractivity contribution in [3.63, 3.8) is 0 Å². The van der Waals surface area contributed by atoms with Crippen LogP contribution in [-0.2, 0) is 0 Å². The number of aromatic nitrogens is 1. The zero-order valence-corrected chi connectivity index (χ0v) is 6.60. The minimum absolute atomic E-state index is 0.162. The number of alkyl halides is 3. The number of pyridine rings is 1. The van der Waals surface area contributed by atoms with Crippen molar-refractivity contribution in [2.75, 3.05) is 5.73 Å². The molecule has 0 fully saturated rings. The fourth-order valence-electron chi connectivity index (χ4n) is 0.825. The van der Waals surface area contributed by atoms with Gasteiger partial charge < -0.3 is 5.73 Å². The van der Waals surface area contributed by atoms with Crippen molar-refractivity contribution in [1.29, 1.82) is 0 Å². The third-order valence-corrected chi connectivity index (χ3v) is 1.51. The van der Waals surface area contributed by atoms with Gasteiger partial charge in [0, 0.05) is 11.8 Å². The molecule has 70 valence electrons. The highest BCUT2D eigenvalue weighted by atomic mass is 19.4. The molecule has 1 heterocycles. The average molecular weight is 188 g/mol. The number of nitrogens with zero attached hydrogens (tertiary/aromatic N) is 1. The van der Waals surface area contributed by atoms with Gasteiger partial charge in [0.15, 0.2) is 0 Å². The maximum absolute atomic E-state index is 12.1. The highest BCUT2D eigenvalue weighted by Gasteiger charge is 2.33. The maximum atomic E-state index is 12.1. The number of allylic oxidation sites excluding steroid dienone is 1. The van der Waals surface area contributed by atoms with Crippen molar-refractivity contribution >= 4 is 11.4 Å². The van der Waals surface area contributed by atoms with E-state index in [0.717, 1.165) is 0 Å². The monoisotopic (exact) mass is 188 g/mol. The summed E-state index contributed by atoms with van der Waals surface area (Å²) in [6, 6.07) is 2.61. The van der Waals surface area contributed by atoms with Gasteiger partial charge in [0.25, 0.3) is 0 Å². The average Bonchev–Trinajstić information content (AvgIpc) is 2.02. The lowest BCUT2D eigenvalue weighted by molar-refractivity contribution is -0.0686. The van der Waals surface area contributed by atoms with Crippen molar-refractivity contribution in [3.8, 4) is 0 Å². The van der Waals surface area contributed by atoms with Crippen molar-refractivity contribution in [1.82, 2.24) is 4.98 Å². The van der Waals surface area contributed by atoms with E-state index < -0.39 is 11.7 Å². The molecular weight excluding hydrogens is 181 g/mol. The summed E-state index contributed by atoms with van der Waals surface area (Å²) in [5, 5.41) is 0. The maximum Gasteiger partial charge on any atom is 0.416 e. The summed E-state index contributed by atoms with van der Waals surface area (Å²) in [4.78, 5) is 3.53. The molecule has 0 aliphatic carbocycles. The van der Waals surface area contributed by atoms with Crippen LogP contribution in [-0.4, -0.2) is 11.2 Å². The molecule has 0 saturated carbocycles. The van der Waals surface area contributed by atoms with E-state index in [2.05, 4.69) is 11.6 Å². The molecule has 0 radical (unpaired) electrons. The number of halogens is 3. The zero-order valence-electron chi connectivity index (χ0n) is 6.60. The van der Waals surface area contributed by atoms with E-state index in [4.69, 9.17) is 5.73 Å². The Hall–Kier alpha value is -1.52. The Balaban J connectivity index is 3.10. The van der Waals surface area contributed by atoms with Crippen LogP contribution in [0.2, 0.25) is 0 Å². The Labute approximate surface area is 72.9 Å². The minimum Gasteiger partial charge on any atom is -0.383 e. The molecule has 0 atom stereocenters. The first-order valence-electron chi connectivity index (χ1n) is 3.40. The molecule has 0 aliphatic heterocycles. The zero-order chi connectivity index (χ0) is 10.1. The highest BCUT2D eigenvalue weighted by Crippen LogP contribution is 2.33. The number of hydrogen-bond donors (Lipinski definition) is 1. The van der Waals surface area contributed by atoms with Crippen LogP contribution < -0.4 is 5.73 Å². The normalized spacial score (nSPS) is 11.3. The van der Waals surface area contributed by atoms with Gasteiger partial charge in [0.05, 0.1) is 5.57 Å². The molecule has 1 aromatic heterocycles. The molecule has 13 heavy (non-hydrogen) atoms. The van der Waals surface area contributed by atoms with Gasteiger partial charge in [-0.2, -0.15) is 13.2 Å². The van der Waals surface area contributed by atoms with Crippen LogP contribution in [0.4, 0.5) is 19.0 Å². The van der Waals surface area contributed by atoms with Gasteiger partial charge in [-0.3, -0.25) is 0 Å². The third kappa shape index (κ3) is 1.99. The number of rotatable bonds is 1. The van der Waals surface area contributed by atoms with Gasteiger partial charge in [-0.05, 0) is 12.1 Å². The lowest BCUT2D eigenvalue weighted by atomic mass is 10.1. The summed E-state index contributed by atoms with van der Waals surface area (Å²) < 4.78 is 36.4. The van der Waals surface area contributed by atoms with Gasteiger partial charge in [-0.1, -0.05) is 6.58 Å². The molecule has 1 rings (SSSR count). The fraction of sp³-hybridized carbons (Fsp3) is 0.125. The lowest BCUT2D eigenvalue weighted by Gasteiger charge is -2.10. The van der Waals surface area contributed by atoms with Crippen LogP contribution in [0.25, 0.3) is 5.57 Å². The Morgan fingerprint density at radius 3 is 2.54 bits per heavy atom. The number of hydrogen-bond acceptors (Lipinski definition) is 2. The van der Waals surface area contributed by atoms with E-state index in [1.54, 1.807) is 0 Å². The second kappa shape index (κ2) is 3.08. The van der Waals surface area contributed by atoms with Crippen LogP contribution in [0.3, 0.4) is 0 Å². The van der Waals surface area contributed by atoms with Crippen LogP contribution in [0.15, 0.2) is 24.9 Å². The molecule has 2 nitrogen and oxygen atoms in total. The van der Waals surface area contributed by atoms with Crippen molar-refractivity contribution in [2.24, 2.45) is 0 Å². The van der Waals surface area contributed by atoms with Gasteiger partial charge in [0.1, 0.15) is 5.82 Å². The van der Waals surface area contributed by atoms with E-state index in [1.165, 1.54) is 18.3 Å². The number of nitrogen functional groups attached to an aromatic ring is 1. The molecular formula is C8H7F3N2. The number of nitrogens with two attached hydrogens (primary N) is 1. The molecule has 2 N–H and O–H groups in total. The molecule has 0 spiro atoms. The van der Waals surface area contributed by atoms with Crippen molar-refractivity contribution in [3.05, 3.63) is 30.5 Å². The summed E-state index contributed by atoms with van der Waals surface area (Å²) in [6.45, 7) is 2.91. The van der Waals surface area contributed by atoms with Crippen LogP contribution in [0.1, 0.15) is 5.56 Å². The minimum atomic E-state index is -4.46. The molecule has 0 bridgehead atoms. The molecule has 0 unspecified atom stereocenters. The Bertz CT molecular complexity index is 330. The van der Waals surface area contributed by atoms with Crippen LogP contribution >= 0.6 is 0 Å². The largest absolute Gasteiger partial charge is 0.416 e. The van der Waals surface area contributed by atoms with E-state index >= 15 is 0 Å². The van der Waals surface area contributed by atoms with Gasteiger partial charge in [-0.25, -0.2) is 4.98 Å². The van der Waals surface area contributed by atoms with E-state index in [1.807, 2.05) is 0 Å². The summed E-state index contributed by atoms with van der Waals surface area (Å²) in [5.74, 6) is -0.162. The van der Waals surface area contributed by atoms with Crippen molar-refractivity contribution in [2.45, 2.75) is 6.18 Å². The van der Waals surface area contributed by atoms with Gasteiger partial charge in [-0.15, -0.1) is 0 Å². The first-order valence-corrected chi connectivity index (χ1v) is 3.40. The lowest BCUT2D eigenvalue weighted by Crippen LogP contribution is -2.11. The standard InChI is InChI=1S/C8H7F3N2/c1-5(8(9,10)11)6-3-2-4-13-7(6)12/h2-4H,1H2,(H2,12,13). The van der Waals surface area contributed by atoms with Gasteiger partial charge in [0.2, 0.25) is 0 Å². The summed E-state index contributed by atoms with van der Waals surface area (Å²) >= 11 is 0. The summed E-state index contributed by atoms with van der Waals surface area (Å²) in [7, 11) is 0. The predicted octanol–water partition coefficient (Wildman–Crippen LogP) is 2.24. The molecule has 5 heteroatoms. The summed E-state index contributed by atoms with van der Waals surface area (Å²) in [5.41, 5.74) is 4.10. The topological polar surface area (TPSA) is 38.9 Å². The van der Waals surface area contributed by atoms with Crippen LogP contribution in [0, 0.1) is 0 Å². The Kier molecular flexibility index (Phi) is 2.27. The second-order valence-corrected chi connectivity index (χ2v) is 2.41. The Morgan fingerprint density at radius 2 is 2.08 bits per heavy atom. The van der Waals surface area contributed by atoms with E-state index in [0.29, 0.717) is 0 Å². The number of anilines is 1. The Morgan fingerprint density at radius 1 is 1.46 bits per heavy atom. The third-order valence-electron chi connectivity index (χ3n) is 1.51. The summed E-state index contributed by atoms with van der Waals surface area (Å²) in [6.07, 6.45) is -3.14. The first-order chi connectivity index (χ1) is 5.93. The first kappa shape index (κ1) is 9.57. The molecule has 1 aromatic rings. The highest BCUT2D eigenvalue weighted by molar-refractivity contribution is 5.74. The fourth-order valence-corrected chi connectivity index (χ4v) is 0.825. The molecule has 0 aliphatic rings. The SMILES string of the molecule is C=C(c1cccnc1N)C(F)(F)F. The van der Waals surface area contributed by atoms with E-state index in [-0.39, 0.29) is 11.4 Å². The quantitative estimate of drug-likeness (QED) is 0.733. The molecule has 0 aromatic carbocycles. The van der Waals surface area contributed by atoms with Crippen molar-refractivity contribution < 1.29 is 13.2 Å².